The molecule has 0 amide bonds. The molecule has 19 heavy (non-hydrogen) atoms. The number of aliphatic imine (C=N–C) groups is 1. The summed E-state index contributed by atoms with van der Waals surface area (Å²) in [7, 11) is 0. The molecule has 0 radical (unpaired) electrons. The number of likely N-dealkylation sites (tertiary alicyclic amines) is 1. The van der Waals surface area contributed by atoms with Crippen LogP contribution in [0.15, 0.2) is 4.99 Å². The summed E-state index contributed by atoms with van der Waals surface area (Å²) in [6, 6.07) is 0.605. The predicted molar refractivity (Wildman–Crippen MR) is 86.0 cm³/mol. The number of hydrogen-bond donors (Lipinski definition) is 1. The maximum Gasteiger partial charge on any atom is 0.157 e. The van der Waals surface area contributed by atoms with Gasteiger partial charge in [-0.1, -0.05) is 39.5 Å². The molecule has 1 saturated heterocycles. The van der Waals surface area contributed by atoms with Gasteiger partial charge in [0.15, 0.2) is 5.17 Å². The number of nitrogens with one attached hydrogen (secondary N) is 1. The molecule has 1 fully saturated rings. The van der Waals surface area contributed by atoms with Gasteiger partial charge in [-0.2, -0.15) is 0 Å². The zero-order valence-electron chi connectivity index (χ0n) is 12.9. The van der Waals surface area contributed by atoms with Gasteiger partial charge in [-0.25, -0.2) is 0 Å². The van der Waals surface area contributed by atoms with Crippen molar-refractivity contribution in [2.45, 2.75) is 58.2 Å². The highest BCUT2D eigenvalue weighted by atomic mass is 32.2. The van der Waals surface area contributed by atoms with Gasteiger partial charge in [0.25, 0.3) is 0 Å². The second-order valence-corrected chi connectivity index (χ2v) is 8.32. The van der Waals surface area contributed by atoms with Crippen LogP contribution in [-0.2, 0) is 0 Å². The van der Waals surface area contributed by atoms with Crippen LogP contribution in [0.1, 0.15) is 47.0 Å². The lowest BCUT2D eigenvalue weighted by Crippen LogP contribution is -2.46. The van der Waals surface area contributed by atoms with E-state index in [-0.39, 0.29) is 0 Å². The van der Waals surface area contributed by atoms with E-state index in [1.165, 1.54) is 44.1 Å². The first-order valence-corrected chi connectivity index (χ1v) is 8.54. The van der Waals surface area contributed by atoms with Crippen molar-refractivity contribution >= 4 is 16.9 Å². The summed E-state index contributed by atoms with van der Waals surface area (Å²) in [5.41, 5.74) is 0.409. The van der Waals surface area contributed by atoms with Crippen LogP contribution < -0.4 is 5.32 Å². The molecule has 110 valence electrons. The monoisotopic (exact) mass is 283 g/mol. The van der Waals surface area contributed by atoms with Crippen molar-refractivity contribution in [3.8, 4) is 0 Å². The molecular weight excluding hydrogens is 254 g/mol. The van der Waals surface area contributed by atoms with Crippen LogP contribution >= 0.6 is 11.8 Å². The largest absolute Gasteiger partial charge is 0.361 e. The molecule has 1 N–H and O–H groups in total. The lowest BCUT2D eigenvalue weighted by molar-refractivity contribution is 0.210. The van der Waals surface area contributed by atoms with Gasteiger partial charge in [0.05, 0.1) is 6.54 Å². The minimum atomic E-state index is 0.409. The molecule has 0 spiro atoms. The second-order valence-electron chi connectivity index (χ2n) is 7.03. The summed E-state index contributed by atoms with van der Waals surface area (Å²) < 4.78 is 0. The maximum atomic E-state index is 4.70. The maximum absolute atomic E-state index is 4.70. The van der Waals surface area contributed by atoms with E-state index in [2.05, 4.69) is 37.9 Å². The summed E-state index contributed by atoms with van der Waals surface area (Å²) in [5.74, 6) is 0. The van der Waals surface area contributed by atoms with Gasteiger partial charge < -0.3 is 10.2 Å². The van der Waals surface area contributed by atoms with Crippen molar-refractivity contribution in [1.82, 2.24) is 10.2 Å². The Balaban J connectivity index is 1.75. The normalized spacial score (nSPS) is 29.4. The molecule has 0 aliphatic carbocycles. The zero-order valence-corrected chi connectivity index (χ0v) is 13.7. The molecule has 0 bridgehead atoms. The number of amidine groups is 1. The SMILES string of the molecule is CCN1CCCC(NC2=NCC(CC(C)(C)C)S2)C1. The number of rotatable bonds is 3. The smallest absolute Gasteiger partial charge is 0.157 e. The molecule has 3 nitrogen and oxygen atoms in total. The highest BCUT2D eigenvalue weighted by Gasteiger charge is 2.27. The molecule has 0 aromatic heterocycles. The van der Waals surface area contributed by atoms with E-state index in [9.17, 15) is 0 Å². The van der Waals surface area contributed by atoms with E-state index in [0.29, 0.717) is 16.7 Å². The first-order chi connectivity index (χ1) is 8.96. The molecule has 2 heterocycles. The Labute approximate surface area is 122 Å². The Kier molecular flexibility index (Phi) is 5.18. The van der Waals surface area contributed by atoms with Gasteiger partial charge >= 0.3 is 0 Å². The predicted octanol–water partition coefficient (Wildman–Crippen LogP) is 2.97. The molecule has 2 aliphatic heterocycles. The molecular formula is C15H29N3S. The van der Waals surface area contributed by atoms with E-state index in [1.54, 1.807) is 0 Å². The molecule has 0 aromatic carbocycles. The van der Waals surface area contributed by atoms with Gasteiger partial charge in [-0.05, 0) is 37.8 Å². The van der Waals surface area contributed by atoms with Crippen LogP contribution in [0.25, 0.3) is 0 Å². The van der Waals surface area contributed by atoms with Crippen LogP contribution in [-0.4, -0.2) is 47.5 Å². The van der Waals surface area contributed by atoms with E-state index < -0.39 is 0 Å². The van der Waals surface area contributed by atoms with E-state index >= 15 is 0 Å². The molecule has 2 rings (SSSR count). The highest BCUT2D eigenvalue weighted by Crippen LogP contribution is 2.31. The molecule has 0 saturated carbocycles. The third-order valence-corrected chi connectivity index (χ3v) is 4.96. The topological polar surface area (TPSA) is 27.6 Å². The molecule has 2 aliphatic rings. The second kappa shape index (κ2) is 6.49. The fourth-order valence-electron chi connectivity index (χ4n) is 2.92. The lowest BCUT2D eigenvalue weighted by Gasteiger charge is -2.32. The first-order valence-electron chi connectivity index (χ1n) is 7.66. The first kappa shape index (κ1) is 15.2. The van der Waals surface area contributed by atoms with Crippen LogP contribution in [0.4, 0.5) is 0 Å². The number of likely N-dealkylation sites (N-methyl/N-ethyl adjacent to an activating group) is 1. The van der Waals surface area contributed by atoms with Crippen molar-refractivity contribution in [3.05, 3.63) is 0 Å². The molecule has 4 heteroatoms. The van der Waals surface area contributed by atoms with Crippen LogP contribution in [0, 0.1) is 5.41 Å². The fraction of sp³-hybridized carbons (Fsp3) is 0.933. The highest BCUT2D eigenvalue weighted by molar-refractivity contribution is 8.14. The van der Waals surface area contributed by atoms with Gasteiger partial charge in [0.1, 0.15) is 0 Å². The van der Waals surface area contributed by atoms with Crippen molar-refractivity contribution in [2.24, 2.45) is 10.4 Å². The Hall–Kier alpha value is -0.220. The van der Waals surface area contributed by atoms with Gasteiger partial charge in [-0.3, -0.25) is 4.99 Å². The average Bonchev–Trinajstić information content (AvgIpc) is 2.74. The van der Waals surface area contributed by atoms with Gasteiger partial charge in [0.2, 0.25) is 0 Å². The third kappa shape index (κ3) is 4.99. The lowest BCUT2D eigenvalue weighted by atomic mass is 9.90. The summed E-state index contributed by atoms with van der Waals surface area (Å²) in [6.45, 7) is 13.8. The summed E-state index contributed by atoms with van der Waals surface area (Å²) in [5, 5.41) is 5.54. The summed E-state index contributed by atoms with van der Waals surface area (Å²) in [4.78, 5) is 7.23. The fourth-order valence-corrected chi connectivity index (χ4v) is 4.35. The van der Waals surface area contributed by atoms with E-state index in [4.69, 9.17) is 4.99 Å². The minimum Gasteiger partial charge on any atom is -0.361 e. The third-order valence-electron chi connectivity index (χ3n) is 3.84. The van der Waals surface area contributed by atoms with Crippen LogP contribution in [0.5, 0.6) is 0 Å². The minimum absolute atomic E-state index is 0.409. The van der Waals surface area contributed by atoms with E-state index in [1.807, 2.05) is 11.8 Å². The quantitative estimate of drug-likeness (QED) is 0.863. The van der Waals surface area contributed by atoms with Crippen molar-refractivity contribution in [3.63, 3.8) is 0 Å². The summed E-state index contributed by atoms with van der Waals surface area (Å²) >= 11 is 1.96. The number of hydrogen-bond acceptors (Lipinski definition) is 4. The molecule has 2 unspecified atom stereocenters. The van der Waals surface area contributed by atoms with Crippen LogP contribution in [0.2, 0.25) is 0 Å². The van der Waals surface area contributed by atoms with Crippen molar-refractivity contribution in [2.75, 3.05) is 26.2 Å². The Morgan fingerprint density at radius 2 is 2.21 bits per heavy atom. The zero-order chi connectivity index (χ0) is 13.9. The molecule has 2 atom stereocenters. The van der Waals surface area contributed by atoms with Crippen molar-refractivity contribution < 1.29 is 0 Å². The number of nitrogens with zero attached hydrogens (tertiary/aromatic N) is 2. The van der Waals surface area contributed by atoms with Gasteiger partial charge in [0, 0.05) is 17.8 Å². The molecule has 0 aromatic rings. The van der Waals surface area contributed by atoms with Crippen LogP contribution in [0.3, 0.4) is 0 Å². The van der Waals surface area contributed by atoms with Gasteiger partial charge in [-0.15, -0.1) is 0 Å². The Morgan fingerprint density at radius 1 is 1.42 bits per heavy atom. The Morgan fingerprint density at radius 3 is 2.89 bits per heavy atom. The average molecular weight is 283 g/mol. The summed E-state index contributed by atoms with van der Waals surface area (Å²) in [6.07, 6.45) is 3.85. The number of thioether (sulfide) groups is 1. The standard InChI is InChI=1S/C15H29N3S/c1-5-18-8-6-7-12(11-18)17-14-16-10-13(19-14)9-15(2,3)4/h12-13H,5-11H2,1-4H3,(H,16,17). The number of piperidine rings is 1. The Bertz CT molecular complexity index is 322. The van der Waals surface area contributed by atoms with E-state index in [0.717, 1.165) is 6.54 Å². The van der Waals surface area contributed by atoms with Crippen molar-refractivity contribution in [1.29, 1.82) is 0 Å².